The van der Waals surface area contributed by atoms with Gasteiger partial charge in [-0.25, -0.2) is 0 Å². The van der Waals surface area contributed by atoms with Gasteiger partial charge in [0.1, 0.15) is 11.5 Å². The molecule has 2 atom stereocenters. The summed E-state index contributed by atoms with van der Waals surface area (Å²) < 4.78 is 17.0. The van der Waals surface area contributed by atoms with Crippen molar-refractivity contribution >= 4 is 11.7 Å². The number of amides is 1. The molecule has 2 aliphatic heterocycles. The van der Waals surface area contributed by atoms with Gasteiger partial charge in [-0.3, -0.25) is 9.59 Å². The van der Waals surface area contributed by atoms with Crippen molar-refractivity contribution in [2.75, 3.05) is 19.8 Å². The van der Waals surface area contributed by atoms with Crippen LogP contribution in [0.1, 0.15) is 60.5 Å². The lowest BCUT2D eigenvalue weighted by Gasteiger charge is -2.28. The highest BCUT2D eigenvalue weighted by molar-refractivity contribution is 6.15. The fraction of sp³-hybridized carbons (Fsp3) is 0.440. The molecule has 3 heterocycles. The van der Waals surface area contributed by atoms with E-state index in [4.69, 9.17) is 13.9 Å². The van der Waals surface area contributed by atoms with Crippen molar-refractivity contribution in [3.05, 3.63) is 64.8 Å². The fourth-order valence-electron chi connectivity index (χ4n) is 4.20. The second kappa shape index (κ2) is 9.61. The topological polar surface area (TPSA) is 89.2 Å². The number of unbranched alkanes of at least 4 members (excludes halogenated alkanes) is 1. The molecule has 0 aliphatic carbocycles. The van der Waals surface area contributed by atoms with Gasteiger partial charge in [0.15, 0.2) is 11.5 Å². The summed E-state index contributed by atoms with van der Waals surface area (Å²) in [6.07, 6.45) is 3.65. The number of aliphatic hydroxyl groups excluding tert-OH is 1. The standard InChI is InChI=1S/C25H29NO6/c1-3-4-13-30-18-10-8-17(9-11-18)22-21(23(27)20-12-7-16(2)32-20)24(28)25(29)26(22)15-19-6-5-14-31-19/h7-12,19,22,28H,3-6,13-15H2,1-2H3/t19-,22-/m0/s1. The summed E-state index contributed by atoms with van der Waals surface area (Å²) in [7, 11) is 0. The van der Waals surface area contributed by atoms with Crippen molar-refractivity contribution in [2.45, 2.75) is 51.7 Å². The third-order valence-electron chi connectivity index (χ3n) is 5.90. The number of nitrogens with zero attached hydrogens (tertiary/aromatic N) is 1. The number of hydrogen-bond donors (Lipinski definition) is 1. The zero-order valence-corrected chi connectivity index (χ0v) is 18.5. The van der Waals surface area contributed by atoms with Crippen LogP contribution in [0.3, 0.4) is 0 Å². The lowest BCUT2D eigenvalue weighted by molar-refractivity contribution is -0.131. The summed E-state index contributed by atoms with van der Waals surface area (Å²) in [5.74, 6) is -0.192. The third kappa shape index (κ3) is 4.43. The van der Waals surface area contributed by atoms with E-state index in [0.29, 0.717) is 25.5 Å². The van der Waals surface area contributed by atoms with Gasteiger partial charge in [0.25, 0.3) is 5.91 Å². The maximum Gasteiger partial charge on any atom is 0.290 e. The Bertz CT molecular complexity index is 1000. The largest absolute Gasteiger partial charge is 0.503 e. The highest BCUT2D eigenvalue weighted by Gasteiger charge is 2.45. The highest BCUT2D eigenvalue weighted by atomic mass is 16.5. The molecular weight excluding hydrogens is 410 g/mol. The smallest absolute Gasteiger partial charge is 0.290 e. The summed E-state index contributed by atoms with van der Waals surface area (Å²) in [6.45, 7) is 5.42. The van der Waals surface area contributed by atoms with Gasteiger partial charge in [0.2, 0.25) is 5.78 Å². The number of ether oxygens (including phenoxy) is 2. The molecule has 1 saturated heterocycles. The Kier molecular flexibility index (Phi) is 6.65. The van der Waals surface area contributed by atoms with Crippen LogP contribution in [0.15, 0.2) is 52.1 Å². The number of carbonyl (C=O) groups is 2. The van der Waals surface area contributed by atoms with Crippen LogP contribution in [-0.4, -0.2) is 47.6 Å². The second-order valence-electron chi connectivity index (χ2n) is 8.27. The van der Waals surface area contributed by atoms with Crippen LogP contribution >= 0.6 is 0 Å². The molecule has 1 amide bonds. The Morgan fingerprint density at radius 3 is 2.62 bits per heavy atom. The molecule has 0 unspecified atom stereocenters. The number of rotatable bonds is 9. The zero-order chi connectivity index (χ0) is 22.7. The highest BCUT2D eigenvalue weighted by Crippen LogP contribution is 2.40. The fourth-order valence-corrected chi connectivity index (χ4v) is 4.20. The minimum absolute atomic E-state index is 0.0296. The summed E-state index contributed by atoms with van der Waals surface area (Å²) in [4.78, 5) is 27.8. The molecule has 32 heavy (non-hydrogen) atoms. The van der Waals surface area contributed by atoms with E-state index in [9.17, 15) is 14.7 Å². The first kappa shape index (κ1) is 22.1. The molecule has 0 spiro atoms. The Morgan fingerprint density at radius 2 is 2.00 bits per heavy atom. The molecule has 170 valence electrons. The summed E-state index contributed by atoms with van der Waals surface area (Å²) in [5, 5.41) is 10.7. The number of furan rings is 1. The van der Waals surface area contributed by atoms with E-state index >= 15 is 0 Å². The average molecular weight is 440 g/mol. The van der Waals surface area contributed by atoms with Gasteiger partial charge in [0, 0.05) is 13.2 Å². The van der Waals surface area contributed by atoms with E-state index in [0.717, 1.165) is 37.0 Å². The van der Waals surface area contributed by atoms with Crippen LogP contribution in [0.25, 0.3) is 0 Å². The molecular formula is C25H29NO6. The molecule has 1 fully saturated rings. The molecule has 1 aromatic heterocycles. The molecule has 2 aliphatic rings. The van der Waals surface area contributed by atoms with Crippen molar-refractivity contribution in [3.63, 3.8) is 0 Å². The quantitative estimate of drug-likeness (QED) is 0.456. The second-order valence-corrected chi connectivity index (χ2v) is 8.27. The number of benzene rings is 1. The summed E-state index contributed by atoms with van der Waals surface area (Å²) in [5.41, 5.74) is 0.747. The van der Waals surface area contributed by atoms with Crippen LogP contribution in [0.2, 0.25) is 0 Å². The first-order valence-corrected chi connectivity index (χ1v) is 11.2. The average Bonchev–Trinajstić information content (AvgIpc) is 3.52. The Morgan fingerprint density at radius 1 is 1.22 bits per heavy atom. The van der Waals surface area contributed by atoms with Crippen LogP contribution < -0.4 is 4.74 Å². The van der Waals surface area contributed by atoms with E-state index in [1.54, 1.807) is 19.1 Å². The Balaban J connectivity index is 1.66. The number of ketones is 1. The monoisotopic (exact) mass is 439 g/mol. The molecule has 0 radical (unpaired) electrons. The summed E-state index contributed by atoms with van der Waals surface area (Å²) in [6, 6.07) is 9.84. The van der Waals surface area contributed by atoms with E-state index in [1.165, 1.54) is 4.90 Å². The van der Waals surface area contributed by atoms with Crippen molar-refractivity contribution in [1.82, 2.24) is 4.90 Å². The maximum atomic E-state index is 13.3. The van der Waals surface area contributed by atoms with Crippen molar-refractivity contribution < 1.29 is 28.6 Å². The molecule has 2 aromatic rings. The van der Waals surface area contributed by atoms with Gasteiger partial charge >= 0.3 is 0 Å². The molecule has 0 bridgehead atoms. The van der Waals surface area contributed by atoms with Crippen molar-refractivity contribution in [2.24, 2.45) is 0 Å². The van der Waals surface area contributed by atoms with E-state index in [-0.39, 0.29) is 17.4 Å². The normalized spacial score (nSPS) is 20.9. The number of aryl methyl sites for hydroxylation is 1. The molecule has 0 saturated carbocycles. The van der Waals surface area contributed by atoms with Gasteiger partial charge in [-0.05, 0) is 56.0 Å². The van der Waals surface area contributed by atoms with Gasteiger partial charge < -0.3 is 23.9 Å². The van der Waals surface area contributed by atoms with Crippen LogP contribution in [0, 0.1) is 6.92 Å². The number of aliphatic hydroxyl groups is 1. The van der Waals surface area contributed by atoms with Crippen molar-refractivity contribution in [3.8, 4) is 5.75 Å². The Hall–Kier alpha value is -3.06. The zero-order valence-electron chi connectivity index (χ0n) is 18.5. The lowest BCUT2D eigenvalue weighted by atomic mass is 9.95. The maximum absolute atomic E-state index is 13.3. The minimum Gasteiger partial charge on any atom is -0.503 e. The molecule has 1 aromatic carbocycles. The molecule has 4 rings (SSSR count). The number of Topliss-reactive ketones (excluding diaryl/α,β-unsaturated/α-hetero) is 1. The lowest BCUT2D eigenvalue weighted by Crippen LogP contribution is -2.37. The number of carbonyl (C=O) groups excluding carboxylic acids is 2. The van der Waals surface area contributed by atoms with Crippen LogP contribution in [0.4, 0.5) is 0 Å². The SMILES string of the molecule is CCCCOc1ccc([C@H]2C(C(=O)c3ccc(C)o3)=C(O)C(=O)N2C[C@@H]2CCCO2)cc1. The first-order chi connectivity index (χ1) is 15.5. The molecule has 7 nitrogen and oxygen atoms in total. The minimum atomic E-state index is -0.728. The predicted molar refractivity (Wildman–Crippen MR) is 118 cm³/mol. The van der Waals surface area contributed by atoms with Crippen LogP contribution in [-0.2, 0) is 9.53 Å². The summed E-state index contributed by atoms with van der Waals surface area (Å²) >= 11 is 0. The van der Waals surface area contributed by atoms with E-state index < -0.39 is 23.5 Å². The van der Waals surface area contributed by atoms with E-state index in [2.05, 4.69) is 6.92 Å². The van der Waals surface area contributed by atoms with Crippen LogP contribution in [0.5, 0.6) is 5.75 Å². The molecule has 1 N–H and O–H groups in total. The Labute approximate surface area is 187 Å². The van der Waals surface area contributed by atoms with Gasteiger partial charge in [0.05, 0.1) is 24.3 Å². The van der Waals surface area contributed by atoms with Gasteiger partial charge in [-0.1, -0.05) is 25.5 Å². The number of hydrogen-bond acceptors (Lipinski definition) is 6. The first-order valence-electron chi connectivity index (χ1n) is 11.2. The van der Waals surface area contributed by atoms with Gasteiger partial charge in [-0.15, -0.1) is 0 Å². The van der Waals surface area contributed by atoms with Gasteiger partial charge in [-0.2, -0.15) is 0 Å². The van der Waals surface area contributed by atoms with Crippen molar-refractivity contribution in [1.29, 1.82) is 0 Å². The van der Waals surface area contributed by atoms with E-state index in [1.807, 2.05) is 24.3 Å². The predicted octanol–water partition coefficient (Wildman–Crippen LogP) is 4.52. The third-order valence-corrected chi connectivity index (χ3v) is 5.90. The molecule has 7 heteroatoms.